The first kappa shape index (κ1) is 20.7. The van der Waals surface area contributed by atoms with E-state index >= 15 is 0 Å². The third kappa shape index (κ3) is 4.77. The van der Waals surface area contributed by atoms with Crippen LogP contribution in [0.4, 0.5) is 5.69 Å². The molecule has 1 aliphatic heterocycles. The van der Waals surface area contributed by atoms with Gasteiger partial charge in [-0.1, -0.05) is 42.5 Å². The van der Waals surface area contributed by atoms with E-state index in [-0.39, 0.29) is 18.2 Å². The molecule has 0 radical (unpaired) electrons. The summed E-state index contributed by atoms with van der Waals surface area (Å²) in [6.45, 7) is 3.21. The molecule has 0 saturated heterocycles. The molecule has 7 heteroatoms. The molecular formula is C24H26N4O3. The average molecular weight is 418 g/mol. The van der Waals surface area contributed by atoms with Crippen LogP contribution in [-0.2, 0) is 22.7 Å². The molecular weight excluding hydrogens is 392 g/mol. The van der Waals surface area contributed by atoms with E-state index in [1.54, 1.807) is 30.0 Å². The van der Waals surface area contributed by atoms with Crippen molar-refractivity contribution in [1.82, 2.24) is 14.7 Å². The molecule has 7 nitrogen and oxygen atoms in total. The number of carbonyl (C=O) groups is 2. The minimum absolute atomic E-state index is 0.0276. The Hall–Kier alpha value is -3.61. The topological polar surface area (TPSA) is 67.7 Å². The molecule has 0 bridgehead atoms. The summed E-state index contributed by atoms with van der Waals surface area (Å²) in [7, 11) is 1.77. The van der Waals surface area contributed by atoms with E-state index < -0.39 is 6.10 Å². The number of para-hydroxylation sites is 2. The van der Waals surface area contributed by atoms with Crippen molar-refractivity contribution in [2.24, 2.45) is 0 Å². The van der Waals surface area contributed by atoms with Gasteiger partial charge in [-0.3, -0.25) is 14.3 Å². The lowest BCUT2D eigenvalue weighted by Gasteiger charge is -2.33. The molecule has 0 aliphatic carbocycles. The van der Waals surface area contributed by atoms with Crippen LogP contribution in [0, 0.1) is 0 Å². The lowest BCUT2D eigenvalue weighted by atomic mass is 10.1. The van der Waals surface area contributed by atoms with Gasteiger partial charge in [-0.25, -0.2) is 0 Å². The number of carbonyl (C=O) groups excluding carboxylic acids is 2. The molecule has 4 rings (SSSR count). The number of amides is 2. The predicted octanol–water partition coefficient (Wildman–Crippen LogP) is 3.09. The Morgan fingerprint density at radius 3 is 2.65 bits per heavy atom. The predicted molar refractivity (Wildman–Crippen MR) is 118 cm³/mol. The highest BCUT2D eigenvalue weighted by Gasteiger charge is 2.31. The van der Waals surface area contributed by atoms with Crippen LogP contribution in [0.2, 0.25) is 0 Å². The molecule has 160 valence electrons. The number of nitrogens with zero attached hydrogens (tertiary/aromatic N) is 4. The summed E-state index contributed by atoms with van der Waals surface area (Å²) in [5.41, 5.74) is 2.85. The molecule has 0 fully saturated rings. The van der Waals surface area contributed by atoms with Crippen LogP contribution in [0.1, 0.15) is 24.5 Å². The number of anilines is 1. The molecule has 0 N–H and O–H groups in total. The van der Waals surface area contributed by atoms with Gasteiger partial charge in [0.1, 0.15) is 5.75 Å². The number of ether oxygens (including phenoxy) is 1. The Kier molecular flexibility index (Phi) is 6.02. The van der Waals surface area contributed by atoms with Crippen LogP contribution in [0.25, 0.3) is 0 Å². The number of hydrogen-bond donors (Lipinski definition) is 0. The molecule has 1 atom stereocenters. The van der Waals surface area contributed by atoms with Gasteiger partial charge in [-0.15, -0.1) is 0 Å². The molecule has 0 unspecified atom stereocenters. The second-order valence-corrected chi connectivity index (χ2v) is 7.75. The number of rotatable bonds is 7. The fourth-order valence-electron chi connectivity index (χ4n) is 3.69. The highest BCUT2D eigenvalue weighted by atomic mass is 16.5. The third-order valence-corrected chi connectivity index (χ3v) is 5.34. The Morgan fingerprint density at radius 2 is 1.84 bits per heavy atom. The van der Waals surface area contributed by atoms with Gasteiger partial charge < -0.3 is 14.5 Å². The quantitative estimate of drug-likeness (QED) is 0.591. The zero-order valence-corrected chi connectivity index (χ0v) is 17.8. The van der Waals surface area contributed by atoms with Crippen molar-refractivity contribution in [2.75, 3.05) is 18.5 Å². The Labute approximate surface area is 181 Å². The van der Waals surface area contributed by atoms with Gasteiger partial charge in [0.15, 0.2) is 6.10 Å². The molecule has 31 heavy (non-hydrogen) atoms. The number of hydrogen-bond acceptors (Lipinski definition) is 4. The first-order valence-corrected chi connectivity index (χ1v) is 10.4. The van der Waals surface area contributed by atoms with Crippen LogP contribution >= 0.6 is 0 Å². The SMILES string of the molecule is C[C@H]1Oc2ccccc2N(CCC(=O)N(C)Cc2cnn(Cc3ccccc3)c2)C1=O. The molecule has 1 aromatic heterocycles. The van der Waals surface area contributed by atoms with Crippen LogP contribution < -0.4 is 9.64 Å². The summed E-state index contributed by atoms with van der Waals surface area (Å²) in [4.78, 5) is 28.6. The molecule has 2 aromatic carbocycles. The van der Waals surface area contributed by atoms with Crippen LogP contribution in [-0.4, -0.2) is 46.2 Å². The van der Waals surface area contributed by atoms with Crippen molar-refractivity contribution >= 4 is 17.5 Å². The van der Waals surface area contributed by atoms with Crippen molar-refractivity contribution in [1.29, 1.82) is 0 Å². The largest absolute Gasteiger partial charge is 0.479 e. The van der Waals surface area contributed by atoms with E-state index in [1.165, 1.54) is 5.56 Å². The number of benzene rings is 2. The summed E-state index contributed by atoms with van der Waals surface area (Å²) in [6, 6.07) is 17.5. The summed E-state index contributed by atoms with van der Waals surface area (Å²) in [5, 5.41) is 4.40. The van der Waals surface area contributed by atoms with Crippen molar-refractivity contribution in [3.63, 3.8) is 0 Å². The Morgan fingerprint density at radius 1 is 1.10 bits per heavy atom. The molecule has 2 heterocycles. The second-order valence-electron chi connectivity index (χ2n) is 7.75. The normalized spacial score (nSPS) is 15.4. The molecule has 2 amide bonds. The summed E-state index contributed by atoms with van der Waals surface area (Å²) < 4.78 is 7.53. The fourth-order valence-corrected chi connectivity index (χ4v) is 3.69. The zero-order valence-electron chi connectivity index (χ0n) is 17.8. The first-order chi connectivity index (χ1) is 15.0. The van der Waals surface area contributed by atoms with E-state index in [9.17, 15) is 9.59 Å². The number of aromatic nitrogens is 2. The van der Waals surface area contributed by atoms with Gasteiger partial charge >= 0.3 is 0 Å². The zero-order chi connectivity index (χ0) is 21.8. The summed E-state index contributed by atoms with van der Waals surface area (Å²) >= 11 is 0. The van der Waals surface area contributed by atoms with E-state index in [0.29, 0.717) is 31.1 Å². The van der Waals surface area contributed by atoms with E-state index in [1.807, 2.05) is 53.3 Å². The maximum Gasteiger partial charge on any atom is 0.267 e. The third-order valence-electron chi connectivity index (χ3n) is 5.34. The van der Waals surface area contributed by atoms with Gasteiger partial charge in [-0.2, -0.15) is 5.10 Å². The van der Waals surface area contributed by atoms with Crippen LogP contribution in [0.5, 0.6) is 5.75 Å². The van der Waals surface area contributed by atoms with Crippen molar-refractivity contribution in [2.45, 2.75) is 32.5 Å². The van der Waals surface area contributed by atoms with Gasteiger partial charge in [-0.05, 0) is 24.6 Å². The van der Waals surface area contributed by atoms with Crippen LogP contribution in [0.3, 0.4) is 0 Å². The van der Waals surface area contributed by atoms with E-state index in [0.717, 1.165) is 5.56 Å². The maximum absolute atomic E-state index is 12.7. The van der Waals surface area contributed by atoms with Gasteiger partial charge in [0, 0.05) is 38.3 Å². The van der Waals surface area contributed by atoms with E-state index in [4.69, 9.17) is 4.74 Å². The van der Waals surface area contributed by atoms with Gasteiger partial charge in [0.05, 0.1) is 18.4 Å². The second kappa shape index (κ2) is 9.04. The van der Waals surface area contributed by atoms with E-state index in [2.05, 4.69) is 17.2 Å². The lowest BCUT2D eigenvalue weighted by Crippen LogP contribution is -2.45. The molecule has 1 aliphatic rings. The monoisotopic (exact) mass is 418 g/mol. The maximum atomic E-state index is 12.7. The van der Waals surface area contributed by atoms with Crippen LogP contribution in [0.15, 0.2) is 67.0 Å². The molecule has 0 saturated carbocycles. The highest BCUT2D eigenvalue weighted by molar-refractivity contribution is 6.00. The first-order valence-electron chi connectivity index (χ1n) is 10.4. The molecule has 3 aromatic rings. The number of fused-ring (bicyclic) bond motifs is 1. The Bertz CT molecular complexity index is 1060. The average Bonchev–Trinajstić information content (AvgIpc) is 3.21. The van der Waals surface area contributed by atoms with Crippen molar-refractivity contribution < 1.29 is 14.3 Å². The lowest BCUT2D eigenvalue weighted by molar-refractivity contribution is -0.130. The minimum Gasteiger partial charge on any atom is -0.479 e. The van der Waals surface area contributed by atoms with Crippen molar-refractivity contribution in [3.05, 3.63) is 78.1 Å². The smallest absolute Gasteiger partial charge is 0.267 e. The Balaban J connectivity index is 1.34. The summed E-state index contributed by atoms with van der Waals surface area (Å²) in [6.07, 6.45) is 3.43. The van der Waals surface area contributed by atoms with Crippen molar-refractivity contribution in [3.8, 4) is 5.75 Å². The summed E-state index contributed by atoms with van der Waals surface area (Å²) in [5.74, 6) is 0.512. The van der Waals surface area contributed by atoms with Gasteiger partial charge in [0.25, 0.3) is 5.91 Å². The highest BCUT2D eigenvalue weighted by Crippen LogP contribution is 2.33. The molecule has 0 spiro atoms. The fraction of sp³-hybridized carbons (Fsp3) is 0.292. The minimum atomic E-state index is -0.557. The standard InChI is InChI=1S/C24H26N4O3/c1-18-24(30)28(21-10-6-7-11-22(21)31-18)13-12-23(29)26(2)15-20-14-25-27(17-20)16-19-8-4-3-5-9-19/h3-11,14,17-18H,12-13,15-16H2,1-2H3/t18-/m1/s1. The van der Waals surface area contributed by atoms with Gasteiger partial charge in [0.2, 0.25) is 5.91 Å².